The standard InChI is InChI=1S/C8H10N2O4S/c9-8(11)5-6-2-1-3-7(4-6)14-15(10,12)13/h1-4H,5H2,(H2,9,11)(H2,10,12,13). The number of nitrogens with two attached hydrogens (primary N) is 2. The Morgan fingerprint density at radius 1 is 1.40 bits per heavy atom. The minimum absolute atomic E-state index is 0.0157. The monoisotopic (exact) mass is 230 g/mol. The van der Waals surface area contributed by atoms with Crippen LogP contribution in [-0.2, 0) is 21.5 Å². The zero-order valence-corrected chi connectivity index (χ0v) is 8.53. The molecule has 0 bridgehead atoms. The van der Waals surface area contributed by atoms with Crippen molar-refractivity contribution in [2.75, 3.05) is 0 Å². The van der Waals surface area contributed by atoms with Crippen molar-refractivity contribution in [1.82, 2.24) is 0 Å². The van der Waals surface area contributed by atoms with E-state index in [9.17, 15) is 13.2 Å². The van der Waals surface area contributed by atoms with Gasteiger partial charge in [0.15, 0.2) is 0 Å². The molecule has 6 nitrogen and oxygen atoms in total. The lowest BCUT2D eigenvalue weighted by molar-refractivity contribution is -0.117. The normalized spacial score (nSPS) is 11.0. The summed E-state index contributed by atoms with van der Waals surface area (Å²) in [7, 11) is -4.04. The first kappa shape index (κ1) is 11.5. The average molecular weight is 230 g/mol. The van der Waals surface area contributed by atoms with Crippen molar-refractivity contribution in [2.24, 2.45) is 10.9 Å². The second kappa shape index (κ2) is 4.28. The van der Waals surface area contributed by atoms with Crippen molar-refractivity contribution in [1.29, 1.82) is 0 Å². The van der Waals surface area contributed by atoms with Gasteiger partial charge in [0.2, 0.25) is 5.91 Å². The molecule has 4 N–H and O–H groups in total. The maximum Gasteiger partial charge on any atom is 0.380 e. The van der Waals surface area contributed by atoms with Crippen LogP contribution in [0.4, 0.5) is 0 Å². The third kappa shape index (κ3) is 4.43. The molecular formula is C8H10N2O4S. The highest BCUT2D eigenvalue weighted by molar-refractivity contribution is 7.84. The van der Waals surface area contributed by atoms with Crippen LogP contribution in [0.15, 0.2) is 24.3 Å². The summed E-state index contributed by atoms with van der Waals surface area (Å²) in [5.74, 6) is -0.459. The van der Waals surface area contributed by atoms with Gasteiger partial charge in [-0.15, -0.1) is 0 Å². The van der Waals surface area contributed by atoms with Crippen molar-refractivity contribution in [3.05, 3.63) is 29.8 Å². The number of hydrogen-bond donors (Lipinski definition) is 2. The average Bonchev–Trinajstić information content (AvgIpc) is 1.99. The quantitative estimate of drug-likeness (QED) is 0.711. The number of benzene rings is 1. The Morgan fingerprint density at radius 3 is 2.60 bits per heavy atom. The summed E-state index contributed by atoms with van der Waals surface area (Å²) >= 11 is 0. The molecule has 15 heavy (non-hydrogen) atoms. The lowest BCUT2D eigenvalue weighted by Crippen LogP contribution is -2.19. The minimum Gasteiger partial charge on any atom is -0.371 e. The number of hydrogen-bond acceptors (Lipinski definition) is 4. The zero-order chi connectivity index (χ0) is 11.5. The van der Waals surface area contributed by atoms with E-state index in [1.165, 1.54) is 12.1 Å². The molecule has 0 saturated heterocycles. The molecule has 0 unspecified atom stereocenters. The van der Waals surface area contributed by atoms with E-state index in [1.807, 2.05) is 0 Å². The van der Waals surface area contributed by atoms with E-state index in [-0.39, 0.29) is 12.2 Å². The van der Waals surface area contributed by atoms with Gasteiger partial charge in [0.1, 0.15) is 5.75 Å². The van der Waals surface area contributed by atoms with Crippen LogP contribution >= 0.6 is 0 Å². The molecule has 7 heteroatoms. The Morgan fingerprint density at radius 2 is 2.07 bits per heavy atom. The summed E-state index contributed by atoms with van der Waals surface area (Å²) in [5, 5.41) is 4.68. The fourth-order valence-corrected chi connectivity index (χ4v) is 1.41. The fourth-order valence-electron chi connectivity index (χ4n) is 1.04. The lowest BCUT2D eigenvalue weighted by atomic mass is 10.1. The Hall–Kier alpha value is -1.60. The highest BCUT2D eigenvalue weighted by atomic mass is 32.2. The SMILES string of the molecule is NC(=O)Cc1cccc(OS(N)(=O)=O)c1. The minimum atomic E-state index is -4.04. The molecule has 0 aromatic heterocycles. The van der Waals surface area contributed by atoms with E-state index < -0.39 is 16.2 Å². The summed E-state index contributed by atoms with van der Waals surface area (Å²) in [6.07, 6.45) is 0.0157. The first-order valence-electron chi connectivity index (χ1n) is 3.96. The van der Waals surface area contributed by atoms with E-state index in [1.54, 1.807) is 12.1 Å². The van der Waals surface area contributed by atoms with Gasteiger partial charge < -0.3 is 9.92 Å². The summed E-state index contributed by atoms with van der Waals surface area (Å²) in [6.45, 7) is 0. The van der Waals surface area contributed by atoms with Crippen LogP contribution in [0.25, 0.3) is 0 Å². The maximum absolute atomic E-state index is 10.6. The van der Waals surface area contributed by atoms with Crippen LogP contribution in [0.5, 0.6) is 5.75 Å². The molecule has 82 valence electrons. The zero-order valence-electron chi connectivity index (χ0n) is 7.71. The molecule has 0 aliphatic heterocycles. The van der Waals surface area contributed by atoms with Gasteiger partial charge in [-0.3, -0.25) is 4.79 Å². The second-order valence-corrected chi connectivity index (χ2v) is 4.02. The summed E-state index contributed by atoms with van der Waals surface area (Å²) in [5.41, 5.74) is 5.54. The van der Waals surface area contributed by atoms with Crippen molar-refractivity contribution < 1.29 is 17.4 Å². The van der Waals surface area contributed by atoms with Gasteiger partial charge in [-0.05, 0) is 17.7 Å². The van der Waals surface area contributed by atoms with Gasteiger partial charge in [-0.1, -0.05) is 12.1 Å². The third-order valence-corrected chi connectivity index (χ3v) is 1.91. The highest BCUT2D eigenvalue weighted by Crippen LogP contribution is 2.14. The van der Waals surface area contributed by atoms with Crippen molar-refractivity contribution in [3.8, 4) is 5.75 Å². The Balaban J connectivity index is 2.88. The van der Waals surface area contributed by atoms with Gasteiger partial charge in [-0.25, -0.2) is 0 Å². The number of carbonyl (C=O) groups is 1. The molecule has 1 aromatic carbocycles. The lowest BCUT2D eigenvalue weighted by Gasteiger charge is -2.03. The number of primary amides is 1. The van der Waals surface area contributed by atoms with E-state index in [4.69, 9.17) is 5.73 Å². The summed E-state index contributed by atoms with van der Waals surface area (Å²) in [6, 6.07) is 5.96. The van der Waals surface area contributed by atoms with Crippen LogP contribution in [0.3, 0.4) is 0 Å². The van der Waals surface area contributed by atoms with Gasteiger partial charge in [0.05, 0.1) is 6.42 Å². The van der Waals surface area contributed by atoms with Gasteiger partial charge in [0, 0.05) is 0 Å². The smallest absolute Gasteiger partial charge is 0.371 e. The van der Waals surface area contributed by atoms with Crippen molar-refractivity contribution in [3.63, 3.8) is 0 Å². The molecule has 0 fully saturated rings. The van der Waals surface area contributed by atoms with E-state index in [0.29, 0.717) is 5.56 Å². The van der Waals surface area contributed by atoms with Crippen LogP contribution in [-0.4, -0.2) is 14.3 Å². The van der Waals surface area contributed by atoms with Crippen molar-refractivity contribution >= 4 is 16.2 Å². The topological polar surface area (TPSA) is 112 Å². The maximum atomic E-state index is 10.6. The first-order chi connectivity index (χ1) is 6.87. The molecule has 0 saturated carbocycles. The molecule has 0 atom stereocenters. The van der Waals surface area contributed by atoms with Gasteiger partial charge >= 0.3 is 10.3 Å². The molecule has 0 heterocycles. The van der Waals surface area contributed by atoms with E-state index in [0.717, 1.165) is 0 Å². The molecule has 0 spiro atoms. The third-order valence-electron chi connectivity index (χ3n) is 1.49. The van der Waals surface area contributed by atoms with Gasteiger partial charge in [0.25, 0.3) is 0 Å². The first-order valence-corrected chi connectivity index (χ1v) is 5.43. The largest absolute Gasteiger partial charge is 0.380 e. The predicted molar refractivity (Wildman–Crippen MR) is 53.1 cm³/mol. The summed E-state index contributed by atoms with van der Waals surface area (Å²) < 4.78 is 25.6. The van der Waals surface area contributed by atoms with Crippen LogP contribution in [0, 0.1) is 0 Å². The fraction of sp³-hybridized carbons (Fsp3) is 0.125. The molecule has 1 rings (SSSR count). The molecule has 0 aliphatic rings. The number of rotatable bonds is 4. The molecule has 0 radical (unpaired) electrons. The Labute approximate surface area is 87.1 Å². The molecular weight excluding hydrogens is 220 g/mol. The summed E-state index contributed by atoms with van der Waals surface area (Å²) in [4.78, 5) is 10.6. The number of amides is 1. The van der Waals surface area contributed by atoms with E-state index >= 15 is 0 Å². The van der Waals surface area contributed by atoms with Crippen LogP contribution in [0.2, 0.25) is 0 Å². The highest BCUT2D eigenvalue weighted by Gasteiger charge is 2.06. The second-order valence-electron chi connectivity index (χ2n) is 2.87. The van der Waals surface area contributed by atoms with Gasteiger partial charge in [-0.2, -0.15) is 13.6 Å². The molecule has 1 aromatic rings. The van der Waals surface area contributed by atoms with Crippen molar-refractivity contribution in [2.45, 2.75) is 6.42 Å². The predicted octanol–water partition coefficient (Wildman–Crippen LogP) is -0.703. The Kier molecular flexibility index (Phi) is 3.28. The number of carbonyl (C=O) groups excluding carboxylic acids is 1. The van der Waals surface area contributed by atoms with Crippen LogP contribution in [0.1, 0.15) is 5.56 Å². The van der Waals surface area contributed by atoms with Crippen LogP contribution < -0.4 is 15.1 Å². The Bertz CT molecular complexity index is 469. The molecule has 0 aliphatic carbocycles. The molecule has 1 amide bonds. The van der Waals surface area contributed by atoms with E-state index in [2.05, 4.69) is 9.32 Å².